The molecule has 3 heteroatoms. The monoisotopic (exact) mass is 432 g/mol. The summed E-state index contributed by atoms with van der Waals surface area (Å²) in [5.41, 5.74) is 0. The van der Waals surface area contributed by atoms with Crippen LogP contribution < -0.4 is 3.61 Å². The van der Waals surface area contributed by atoms with Gasteiger partial charge in [0.15, 0.2) is 0 Å². The summed E-state index contributed by atoms with van der Waals surface area (Å²) in [4.78, 5) is 0. The predicted molar refractivity (Wildman–Crippen MR) is 95.6 cm³/mol. The van der Waals surface area contributed by atoms with Gasteiger partial charge in [0.25, 0.3) is 0 Å². The molecule has 0 bridgehead atoms. The topological polar surface area (TPSA) is 0 Å². The minimum absolute atomic E-state index is 1.03. The van der Waals surface area contributed by atoms with Crippen molar-refractivity contribution in [3.63, 3.8) is 0 Å². The second-order valence-electron chi connectivity index (χ2n) is 5.42. The Labute approximate surface area is 136 Å². The van der Waals surface area contributed by atoms with Crippen molar-refractivity contribution in [2.45, 2.75) is 69.2 Å². The van der Waals surface area contributed by atoms with E-state index >= 15 is 0 Å². The van der Waals surface area contributed by atoms with E-state index in [0.29, 0.717) is 0 Å². The van der Waals surface area contributed by atoms with E-state index in [9.17, 15) is 0 Å². The van der Waals surface area contributed by atoms with Crippen LogP contribution in [0.25, 0.3) is 0 Å². The van der Waals surface area contributed by atoms with Crippen LogP contribution in [-0.4, -0.2) is 15.9 Å². The Hall–Kier alpha value is 0.590. The molecule has 0 N–H and O–H groups in total. The van der Waals surface area contributed by atoms with Gasteiger partial charge in [-0.2, -0.15) is 0 Å². The standard InChI is InChI=1S/C17H28Cl2Te/c1-2-3-4-5-6-7-8-9-13-16-20(18,19)17-14-11-10-12-15-17/h10-12,14-15H,2-9,13,16H2,1H3. The molecule has 0 spiro atoms. The molecule has 0 aliphatic heterocycles. The second kappa shape index (κ2) is 11.2. The zero-order valence-corrected chi connectivity index (χ0v) is 16.5. The molecule has 0 radical (unpaired) electrons. The van der Waals surface area contributed by atoms with E-state index in [-0.39, 0.29) is 0 Å². The fourth-order valence-corrected chi connectivity index (χ4v) is 9.05. The zero-order chi connectivity index (χ0) is 14.7. The zero-order valence-electron chi connectivity index (χ0n) is 12.6. The Bertz CT molecular complexity index is 338. The summed E-state index contributed by atoms with van der Waals surface area (Å²) in [5.74, 6) is 0. The first kappa shape index (κ1) is 18.6. The second-order valence-corrected chi connectivity index (χ2v) is 19.3. The molecule has 0 saturated heterocycles. The van der Waals surface area contributed by atoms with E-state index < -0.39 is 15.9 Å². The third kappa shape index (κ3) is 8.14. The predicted octanol–water partition coefficient (Wildman–Crippen LogP) is 6.34. The maximum atomic E-state index is 6.61. The Morgan fingerprint density at radius 2 is 1.25 bits per heavy atom. The average Bonchev–Trinajstić information content (AvgIpc) is 2.46. The van der Waals surface area contributed by atoms with Gasteiger partial charge >= 0.3 is 137 Å². The molecule has 1 rings (SSSR count). The molecule has 116 valence electrons. The van der Waals surface area contributed by atoms with Crippen LogP contribution in [0.3, 0.4) is 0 Å². The Morgan fingerprint density at radius 1 is 0.750 bits per heavy atom. The van der Waals surface area contributed by atoms with E-state index in [1.807, 2.05) is 18.2 Å². The molecule has 1 aromatic carbocycles. The van der Waals surface area contributed by atoms with Crippen molar-refractivity contribution in [2.24, 2.45) is 0 Å². The van der Waals surface area contributed by atoms with Crippen LogP contribution in [0.1, 0.15) is 64.7 Å². The van der Waals surface area contributed by atoms with Crippen molar-refractivity contribution < 1.29 is 0 Å². The molecule has 0 aromatic heterocycles. The van der Waals surface area contributed by atoms with Crippen molar-refractivity contribution in [3.05, 3.63) is 30.3 Å². The fraction of sp³-hybridized carbons (Fsp3) is 0.647. The van der Waals surface area contributed by atoms with Gasteiger partial charge in [-0.25, -0.2) is 0 Å². The number of hydrogen-bond donors (Lipinski definition) is 0. The maximum absolute atomic E-state index is 6.61. The van der Waals surface area contributed by atoms with Gasteiger partial charge in [-0.15, -0.1) is 0 Å². The van der Waals surface area contributed by atoms with E-state index in [1.54, 1.807) is 0 Å². The molecule has 0 amide bonds. The summed E-state index contributed by atoms with van der Waals surface area (Å²) in [7, 11) is 13.2. The normalized spacial score (nSPS) is 12.6. The van der Waals surface area contributed by atoms with Crippen LogP contribution in [0.2, 0.25) is 4.47 Å². The van der Waals surface area contributed by atoms with Crippen molar-refractivity contribution in [1.82, 2.24) is 0 Å². The van der Waals surface area contributed by atoms with Gasteiger partial charge in [0.05, 0.1) is 0 Å². The Balaban J connectivity index is 2.06. The van der Waals surface area contributed by atoms with E-state index in [1.165, 1.54) is 61.4 Å². The van der Waals surface area contributed by atoms with Gasteiger partial charge in [0.1, 0.15) is 0 Å². The third-order valence-electron chi connectivity index (χ3n) is 3.59. The van der Waals surface area contributed by atoms with Gasteiger partial charge in [-0.1, -0.05) is 0 Å². The summed E-state index contributed by atoms with van der Waals surface area (Å²) in [6, 6.07) is 10.3. The molecule has 0 nitrogen and oxygen atoms in total. The number of halogens is 2. The third-order valence-corrected chi connectivity index (χ3v) is 13.1. The molecule has 0 saturated carbocycles. The van der Waals surface area contributed by atoms with Gasteiger partial charge in [0, 0.05) is 0 Å². The summed E-state index contributed by atoms with van der Waals surface area (Å²) >= 11 is -2.77. The van der Waals surface area contributed by atoms with E-state index in [0.717, 1.165) is 4.47 Å². The van der Waals surface area contributed by atoms with E-state index in [4.69, 9.17) is 17.9 Å². The van der Waals surface area contributed by atoms with Crippen molar-refractivity contribution in [3.8, 4) is 0 Å². The van der Waals surface area contributed by atoms with Crippen LogP contribution >= 0.6 is 17.9 Å². The van der Waals surface area contributed by atoms with Crippen LogP contribution in [0.5, 0.6) is 0 Å². The molecule has 0 unspecified atom stereocenters. The molecule has 1 aromatic rings. The quantitative estimate of drug-likeness (QED) is 0.283. The molecular formula is C17H28Cl2Te. The Kier molecular flexibility index (Phi) is 10.4. The number of hydrogen-bond acceptors (Lipinski definition) is 0. The molecule has 0 aliphatic carbocycles. The first-order valence-corrected chi connectivity index (χ1v) is 16.6. The fourth-order valence-electron chi connectivity index (χ4n) is 2.33. The number of rotatable bonds is 11. The number of unbranched alkanes of at least 4 members (excludes halogenated alkanes) is 8. The van der Waals surface area contributed by atoms with Gasteiger partial charge in [0.2, 0.25) is 0 Å². The molecule has 0 heterocycles. The summed E-state index contributed by atoms with van der Waals surface area (Å²) in [5, 5.41) is 0. The summed E-state index contributed by atoms with van der Waals surface area (Å²) < 4.78 is 2.24. The van der Waals surface area contributed by atoms with Crippen LogP contribution in [0.4, 0.5) is 0 Å². The molecular weight excluding hydrogens is 403 g/mol. The van der Waals surface area contributed by atoms with Crippen molar-refractivity contribution >= 4 is 37.5 Å². The van der Waals surface area contributed by atoms with Crippen LogP contribution in [0, 0.1) is 0 Å². The van der Waals surface area contributed by atoms with E-state index in [2.05, 4.69) is 19.1 Å². The first-order valence-electron chi connectivity index (χ1n) is 7.92. The minimum atomic E-state index is -2.77. The molecule has 0 aliphatic rings. The summed E-state index contributed by atoms with van der Waals surface area (Å²) in [6.07, 6.45) is 12.1. The molecule has 0 atom stereocenters. The molecule has 20 heavy (non-hydrogen) atoms. The van der Waals surface area contributed by atoms with Crippen LogP contribution in [-0.2, 0) is 0 Å². The summed E-state index contributed by atoms with van der Waals surface area (Å²) in [6.45, 7) is 2.27. The number of benzene rings is 1. The van der Waals surface area contributed by atoms with Gasteiger partial charge < -0.3 is 0 Å². The average molecular weight is 431 g/mol. The SMILES string of the molecule is CCCCCCCCCCC[Te](Cl)(Cl)c1ccccc1. The van der Waals surface area contributed by atoms with Gasteiger partial charge in [-0.05, 0) is 0 Å². The van der Waals surface area contributed by atoms with Crippen molar-refractivity contribution in [2.75, 3.05) is 0 Å². The van der Waals surface area contributed by atoms with Crippen molar-refractivity contribution in [1.29, 1.82) is 0 Å². The molecule has 0 fully saturated rings. The van der Waals surface area contributed by atoms with Crippen LogP contribution in [0.15, 0.2) is 30.3 Å². The first-order chi connectivity index (χ1) is 9.67. The van der Waals surface area contributed by atoms with Gasteiger partial charge in [-0.3, -0.25) is 0 Å². The Morgan fingerprint density at radius 3 is 1.80 bits per heavy atom.